The number of nitrogens with zero attached hydrogens (tertiary/aromatic N) is 3. The molecular weight excluding hydrogens is 372 g/mol. The fraction of sp³-hybridized carbons (Fsp3) is 0.333. The number of aromatic nitrogens is 3. The molecule has 8 heteroatoms. The Hall–Kier alpha value is -3.42. The molecular formula is C21H24N4O4. The standard InChI is InChI=1S/C21H24N4O4/c1-12-9-16(18-13(2)24-25(3)19(18)23-12)20(26)22-11-15(21(27)28)10-14-7-5-6-8-17(14)29-4/h5-9,15H,10-11H2,1-4H3,(H,22,26)(H,27,28). The summed E-state index contributed by atoms with van der Waals surface area (Å²) in [6, 6.07) is 8.96. The van der Waals surface area contributed by atoms with Crippen LogP contribution in [-0.2, 0) is 18.3 Å². The number of hydrogen-bond acceptors (Lipinski definition) is 5. The molecule has 0 saturated heterocycles. The van der Waals surface area contributed by atoms with Crippen LogP contribution < -0.4 is 10.1 Å². The Balaban J connectivity index is 1.81. The average Bonchev–Trinajstić information content (AvgIpc) is 2.97. The Morgan fingerprint density at radius 2 is 2.00 bits per heavy atom. The number of carboxylic acid groups (broad SMARTS) is 1. The highest BCUT2D eigenvalue weighted by Crippen LogP contribution is 2.23. The molecule has 0 saturated carbocycles. The molecule has 1 amide bonds. The van der Waals surface area contributed by atoms with Crippen molar-refractivity contribution >= 4 is 22.9 Å². The highest BCUT2D eigenvalue weighted by atomic mass is 16.5. The number of carbonyl (C=O) groups is 2. The number of carbonyl (C=O) groups excluding carboxylic acids is 1. The third-order valence-electron chi connectivity index (χ3n) is 4.86. The molecule has 0 aliphatic heterocycles. The van der Waals surface area contributed by atoms with Crippen LogP contribution in [-0.4, -0.2) is 45.4 Å². The molecule has 8 nitrogen and oxygen atoms in total. The Morgan fingerprint density at radius 1 is 1.28 bits per heavy atom. The van der Waals surface area contributed by atoms with Crippen molar-refractivity contribution in [2.75, 3.05) is 13.7 Å². The molecule has 2 N–H and O–H groups in total. The topological polar surface area (TPSA) is 106 Å². The number of hydrogen-bond donors (Lipinski definition) is 2. The van der Waals surface area contributed by atoms with Crippen molar-refractivity contribution in [2.45, 2.75) is 20.3 Å². The number of ether oxygens (including phenoxy) is 1. The normalized spacial score (nSPS) is 12.0. The highest BCUT2D eigenvalue weighted by Gasteiger charge is 2.23. The molecule has 0 aliphatic carbocycles. The maximum absolute atomic E-state index is 12.9. The molecule has 1 aromatic carbocycles. The highest BCUT2D eigenvalue weighted by molar-refractivity contribution is 6.06. The maximum Gasteiger partial charge on any atom is 0.308 e. The SMILES string of the molecule is COc1ccccc1CC(CNC(=O)c1cc(C)nc2c1c(C)nn2C)C(=O)O. The van der Waals surface area contributed by atoms with Gasteiger partial charge >= 0.3 is 5.97 Å². The van der Waals surface area contributed by atoms with E-state index in [1.54, 1.807) is 37.9 Å². The number of methoxy groups -OCH3 is 1. The summed E-state index contributed by atoms with van der Waals surface area (Å²) in [5.41, 5.74) is 3.23. The first-order valence-electron chi connectivity index (χ1n) is 9.25. The number of benzene rings is 1. The average molecular weight is 396 g/mol. The summed E-state index contributed by atoms with van der Waals surface area (Å²) < 4.78 is 6.94. The monoisotopic (exact) mass is 396 g/mol. The van der Waals surface area contributed by atoms with Crippen LogP contribution in [0.3, 0.4) is 0 Å². The third-order valence-corrected chi connectivity index (χ3v) is 4.86. The Labute approximate surface area is 168 Å². The van der Waals surface area contributed by atoms with Crippen LogP contribution in [0.1, 0.15) is 27.3 Å². The fourth-order valence-electron chi connectivity index (χ4n) is 3.44. The molecule has 29 heavy (non-hydrogen) atoms. The number of amides is 1. The van der Waals surface area contributed by atoms with Crippen LogP contribution in [0.2, 0.25) is 0 Å². The molecule has 2 heterocycles. The van der Waals surface area contributed by atoms with Crippen LogP contribution in [0.25, 0.3) is 11.0 Å². The van der Waals surface area contributed by atoms with E-state index in [0.717, 1.165) is 5.56 Å². The minimum Gasteiger partial charge on any atom is -0.496 e. The summed E-state index contributed by atoms with van der Waals surface area (Å²) in [6.07, 6.45) is 0.246. The van der Waals surface area contributed by atoms with E-state index in [1.165, 1.54) is 0 Å². The maximum atomic E-state index is 12.9. The number of carboxylic acids is 1. The summed E-state index contributed by atoms with van der Waals surface area (Å²) >= 11 is 0. The van der Waals surface area contributed by atoms with E-state index in [-0.39, 0.29) is 18.9 Å². The number of fused-ring (bicyclic) bond motifs is 1. The molecule has 152 valence electrons. The predicted molar refractivity (Wildman–Crippen MR) is 108 cm³/mol. The number of aryl methyl sites for hydroxylation is 3. The van der Waals surface area contributed by atoms with Crippen LogP contribution in [0, 0.1) is 19.8 Å². The minimum atomic E-state index is -0.982. The van der Waals surface area contributed by atoms with E-state index >= 15 is 0 Å². The summed E-state index contributed by atoms with van der Waals surface area (Å²) in [5.74, 6) is -1.49. The molecule has 3 aromatic rings. The van der Waals surface area contributed by atoms with E-state index in [4.69, 9.17) is 4.74 Å². The first-order valence-corrected chi connectivity index (χ1v) is 9.25. The first-order chi connectivity index (χ1) is 13.8. The summed E-state index contributed by atoms with van der Waals surface area (Å²) in [4.78, 5) is 29.1. The molecule has 0 radical (unpaired) electrons. The van der Waals surface area contributed by atoms with Crippen LogP contribution in [0.4, 0.5) is 0 Å². The van der Waals surface area contributed by atoms with E-state index < -0.39 is 11.9 Å². The van der Waals surface area contributed by atoms with Gasteiger partial charge in [0.1, 0.15) is 5.75 Å². The van der Waals surface area contributed by atoms with Gasteiger partial charge in [0.25, 0.3) is 5.91 Å². The van der Waals surface area contributed by atoms with Gasteiger partial charge < -0.3 is 15.2 Å². The van der Waals surface area contributed by atoms with Gasteiger partial charge in [-0.05, 0) is 38.0 Å². The van der Waals surface area contributed by atoms with Gasteiger partial charge in [0, 0.05) is 19.3 Å². The number of pyridine rings is 1. The van der Waals surface area contributed by atoms with Gasteiger partial charge in [0.15, 0.2) is 5.65 Å². The molecule has 0 bridgehead atoms. The quantitative estimate of drug-likeness (QED) is 0.635. The third kappa shape index (κ3) is 4.21. The lowest BCUT2D eigenvalue weighted by molar-refractivity contribution is -0.141. The van der Waals surface area contributed by atoms with Crippen molar-refractivity contribution in [3.63, 3.8) is 0 Å². The van der Waals surface area contributed by atoms with E-state index in [2.05, 4.69) is 15.4 Å². The zero-order valence-electron chi connectivity index (χ0n) is 16.9. The number of nitrogens with one attached hydrogen (secondary N) is 1. The summed E-state index contributed by atoms with van der Waals surface area (Å²) in [7, 11) is 3.32. The van der Waals surface area contributed by atoms with Crippen molar-refractivity contribution in [3.8, 4) is 5.75 Å². The second-order valence-corrected chi connectivity index (χ2v) is 6.98. The fourth-order valence-corrected chi connectivity index (χ4v) is 3.44. The van der Waals surface area contributed by atoms with Gasteiger partial charge in [0.2, 0.25) is 0 Å². The summed E-state index contributed by atoms with van der Waals surface area (Å²) in [5, 5.41) is 17.4. The van der Waals surface area contributed by atoms with Crippen LogP contribution in [0.5, 0.6) is 5.75 Å². The predicted octanol–water partition coefficient (Wildman–Crippen LogP) is 2.27. The molecule has 2 aromatic heterocycles. The molecule has 0 aliphatic rings. The number of rotatable bonds is 7. The van der Waals surface area contributed by atoms with Crippen molar-refractivity contribution in [3.05, 3.63) is 52.8 Å². The molecule has 0 spiro atoms. The van der Waals surface area contributed by atoms with Crippen LogP contribution in [0.15, 0.2) is 30.3 Å². The molecule has 3 rings (SSSR count). The van der Waals surface area contributed by atoms with Crippen LogP contribution >= 0.6 is 0 Å². The van der Waals surface area contributed by atoms with E-state index in [1.807, 2.05) is 25.1 Å². The first kappa shape index (κ1) is 20.3. The zero-order chi connectivity index (χ0) is 21.1. The number of aliphatic carboxylic acids is 1. The molecule has 1 atom stereocenters. The Morgan fingerprint density at radius 3 is 2.69 bits per heavy atom. The van der Waals surface area contributed by atoms with Crippen molar-refractivity contribution in [2.24, 2.45) is 13.0 Å². The lowest BCUT2D eigenvalue weighted by Crippen LogP contribution is -2.34. The van der Waals surface area contributed by atoms with Gasteiger partial charge in [-0.3, -0.25) is 14.3 Å². The molecule has 0 fully saturated rings. The van der Waals surface area contributed by atoms with Crippen molar-refractivity contribution in [1.29, 1.82) is 0 Å². The minimum absolute atomic E-state index is 0.00557. The van der Waals surface area contributed by atoms with E-state index in [0.29, 0.717) is 33.7 Å². The summed E-state index contributed by atoms with van der Waals surface area (Å²) in [6.45, 7) is 3.62. The van der Waals surface area contributed by atoms with Gasteiger partial charge in [0.05, 0.1) is 29.7 Å². The van der Waals surface area contributed by atoms with E-state index in [9.17, 15) is 14.7 Å². The zero-order valence-corrected chi connectivity index (χ0v) is 16.9. The largest absolute Gasteiger partial charge is 0.496 e. The van der Waals surface area contributed by atoms with Crippen molar-refractivity contribution < 1.29 is 19.4 Å². The lowest BCUT2D eigenvalue weighted by atomic mass is 9.98. The second-order valence-electron chi connectivity index (χ2n) is 6.98. The molecule has 1 unspecified atom stereocenters. The van der Waals surface area contributed by atoms with Gasteiger partial charge in [-0.25, -0.2) is 4.98 Å². The number of para-hydroxylation sites is 1. The van der Waals surface area contributed by atoms with Gasteiger partial charge in [-0.2, -0.15) is 5.10 Å². The Kier molecular flexibility index (Phi) is 5.81. The van der Waals surface area contributed by atoms with Gasteiger partial charge in [-0.15, -0.1) is 0 Å². The Bertz CT molecular complexity index is 1070. The van der Waals surface area contributed by atoms with Crippen molar-refractivity contribution in [1.82, 2.24) is 20.1 Å². The van der Waals surface area contributed by atoms with Gasteiger partial charge in [-0.1, -0.05) is 18.2 Å². The lowest BCUT2D eigenvalue weighted by Gasteiger charge is -2.16. The smallest absolute Gasteiger partial charge is 0.308 e. The second kappa shape index (κ2) is 8.30.